The first-order valence-corrected chi connectivity index (χ1v) is 7.19. The number of rotatable bonds is 5. The van der Waals surface area contributed by atoms with Gasteiger partial charge in [0, 0.05) is 10.6 Å². The van der Waals surface area contributed by atoms with Crippen molar-refractivity contribution in [2.45, 2.75) is 25.5 Å². The van der Waals surface area contributed by atoms with E-state index in [9.17, 15) is 0 Å². The largest absolute Gasteiger partial charge is 0.320 e. The molecule has 0 spiro atoms. The highest BCUT2D eigenvalue weighted by atomic mass is 32.2. The third kappa shape index (κ3) is 5.27. The van der Waals surface area contributed by atoms with Crippen LogP contribution in [0.1, 0.15) is 29.5 Å². The third-order valence-corrected chi connectivity index (χ3v) is 4.14. The number of unbranched alkanes of at least 4 members (excludes halogenated alkanes) is 1. The highest BCUT2D eigenvalue weighted by Gasteiger charge is 1.97. The Morgan fingerprint density at radius 1 is 1.47 bits per heavy atom. The molecule has 82 valence electrons. The summed E-state index contributed by atoms with van der Waals surface area (Å²) in [4.78, 5) is 2.55. The first-order chi connectivity index (χ1) is 7.36. The lowest BCUT2D eigenvalue weighted by molar-refractivity contribution is 0.896. The highest BCUT2D eigenvalue weighted by molar-refractivity contribution is 7.98. The second kappa shape index (κ2) is 7.81. The van der Waals surface area contributed by atoms with Crippen LogP contribution in [-0.4, -0.2) is 12.3 Å². The summed E-state index contributed by atoms with van der Waals surface area (Å²) in [6.45, 7) is 2.67. The van der Waals surface area contributed by atoms with E-state index in [2.05, 4.69) is 30.9 Å². The maximum atomic E-state index is 5.32. The summed E-state index contributed by atoms with van der Waals surface area (Å²) in [7, 11) is 0. The second-order valence-electron chi connectivity index (χ2n) is 3.18. The normalized spacial score (nSPS) is 9.73. The zero-order chi connectivity index (χ0) is 10.9. The quantitative estimate of drug-likeness (QED) is 0.631. The first kappa shape index (κ1) is 12.6. The van der Waals surface area contributed by atoms with E-state index in [1.54, 1.807) is 11.3 Å². The molecular weight excluding hydrogens is 222 g/mol. The number of nitrogens with two attached hydrogens (primary N) is 1. The summed E-state index contributed by atoms with van der Waals surface area (Å²) >= 11 is 3.79. The Bertz CT molecular complexity index is 333. The molecular formula is C12H17NS2. The minimum atomic E-state index is 0.443. The van der Waals surface area contributed by atoms with Crippen molar-refractivity contribution in [2.24, 2.45) is 5.73 Å². The molecule has 0 unspecified atom stereocenters. The standard InChI is InChI=1S/C12H17NS2/c1-2-3-9-14-10-12-7-6-11(15-12)5-4-8-13/h6-7H,2-3,8-10,13H2,1H3. The van der Waals surface area contributed by atoms with E-state index in [0.717, 1.165) is 10.6 Å². The van der Waals surface area contributed by atoms with Gasteiger partial charge in [0.1, 0.15) is 0 Å². The molecule has 0 bridgehead atoms. The Hall–Kier alpha value is -0.430. The Balaban J connectivity index is 2.33. The van der Waals surface area contributed by atoms with Crippen LogP contribution in [0.3, 0.4) is 0 Å². The van der Waals surface area contributed by atoms with Crippen LogP contribution in [0.2, 0.25) is 0 Å². The molecule has 1 aromatic rings. The molecule has 0 radical (unpaired) electrons. The summed E-state index contributed by atoms with van der Waals surface area (Å²) < 4.78 is 0. The van der Waals surface area contributed by atoms with Crippen molar-refractivity contribution in [1.29, 1.82) is 0 Å². The van der Waals surface area contributed by atoms with Crippen molar-refractivity contribution in [2.75, 3.05) is 12.3 Å². The first-order valence-electron chi connectivity index (χ1n) is 5.22. The Morgan fingerprint density at radius 2 is 2.33 bits per heavy atom. The Kier molecular flexibility index (Phi) is 6.58. The third-order valence-electron chi connectivity index (χ3n) is 1.86. The number of hydrogen-bond acceptors (Lipinski definition) is 3. The molecule has 15 heavy (non-hydrogen) atoms. The van der Waals surface area contributed by atoms with E-state index in [1.165, 1.54) is 23.5 Å². The molecule has 0 aromatic carbocycles. The zero-order valence-corrected chi connectivity index (χ0v) is 10.7. The van der Waals surface area contributed by atoms with E-state index in [0.29, 0.717) is 6.54 Å². The van der Waals surface area contributed by atoms with Crippen LogP contribution < -0.4 is 5.73 Å². The molecule has 0 saturated heterocycles. The predicted molar refractivity (Wildman–Crippen MR) is 71.3 cm³/mol. The molecule has 2 N–H and O–H groups in total. The molecule has 1 rings (SSSR count). The molecule has 1 nitrogen and oxygen atoms in total. The number of thiophene rings is 1. The minimum absolute atomic E-state index is 0.443. The predicted octanol–water partition coefficient (Wildman–Crippen LogP) is 3.09. The van der Waals surface area contributed by atoms with Gasteiger partial charge >= 0.3 is 0 Å². The van der Waals surface area contributed by atoms with Crippen LogP contribution in [0.25, 0.3) is 0 Å². The fraction of sp³-hybridized carbons (Fsp3) is 0.500. The van der Waals surface area contributed by atoms with Crippen LogP contribution in [0.5, 0.6) is 0 Å². The lowest BCUT2D eigenvalue weighted by Crippen LogP contribution is -1.92. The average Bonchev–Trinajstić information content (AvgIpc) is 2.69. The molecule has 0 aliphatic rings. The van der Waals surface area contributed by atoms with Crippen molar-refractivity contribution < 1.29 is 0 Å². The fourth-order valence-corrected chi connectivity index (χ4v) is 3.18. The van der Waals surface area contributed by atoms with Crippen molar-refractivity contribution >= 4 is 23.1 Å². The smallest absolute Gasteiger partial charge is 0.0772 e. The summed E-state index contributed by atoms with van der Waals surface area (Å²) in [5.74, 6) is 8.32. The molecule has 3 heteroatoms. The molecule has 1 aromatic heterocycles. The van der Waals surface area contributed by atoms with Gasteiger partial charge in [-0.2, -0.15) is 11.8 Å². The van der Waals surface area contributed by atoms with Gasteiger partial charge in [-0.15, -0.1) is 11.3 Å². The van der Waals surface area contributed by atoms with Gasteiger partial charge in [0.05, 0.1) is 11.4 Å². The number of thioether (sulfide) groups is 1. The molecule has 0 atom stereocenters. The van der Waals surface area contributed by atoms with E-state index in [-0.39, 0.29) is 0 Å². The summed E-state index contributed by atoms with van der Waals surface area (Å²) in [5.41, 5.74) is 5.32. The Morgan fingerprint density at radius 3 is 3.07 bits per heavy atom. The van der Waals surface area contributed by atoms with E-state index in [1.807, 2.05) is 11.8 Å². The summed E-state index contributed by atoms with van der Waals surface area (Å²) in [6.07, 6.45) is 2.60. The minimum Gasteiger partial charge on any atom is -0.320 e. The van der Waals surface area contributed by atoms with Gasteiger partial charge in [0.15, 0.2) is 0 Å². The van der Waals surface area contributed by atoms with Gasteiger partial charge in [0.2, 0.25) is 0 Å². The fourth-order valence-electron chi connectivity index (χ4n) is 1.08. The lowest BCUT2D eigenvalue weighted by Gasteiger charge is -1.96. The second-order valence-corrected chi connectivity index (χ2v) is 5.45. The van der Waals surface area contributed by atoms with Crippen molar-refractivity contribution in [1.82, 2.24) is 0 Å². The van der Waals surface area contributed by atoms with Crippen molar-refractivity contribution in [3.05, 3.63) is 21.9 Å². The van der Waals surface area contributed by atoms with Crippen LogP contribution >= 0.6 is 23.1 Å². The van der Waals surface area contributed by atoms with Crippen molar-refractivity contribution in [3.8, 4) is 11.8 Å². The summed E-state index contributed by atoms with van der Waals surface area (Å²) in [6, 6.07) is 4.26. The molecule has 0 aliphatic carbocycles. The van der Waals surface area contributed by atoms with E-state index in [4.69, 9.17) is 5.73 Å². The monoisotopic (exact) mass is 239 g/mol. The average molecular weight is 239 g/mol. The van der Waals surface area contributed by atoms with Crippen LogP contribution in [0.4, 0.5) is 0 Å². The molecule has 0 fully saturated rings. The molecule has 0 saturated carbocycles. The Labute approximate surface area is 100 Å². The van der Waals surface area contributed by atoms with Gasteiger partial charge in [-0.25, -0.2) is 0 Å². The maximum absolute atomic E-state index is 5.32. The topological polar surface area (TPSA) is 26.0 Å². The lowest BCUT2D eigenvalue weighted by atomic mass is 10.4. The molecule has 0 aliphatic heterocycles. The van der Waals surface area contributed by atoms with E-state index >= 15 is 0 Å². The molecule has 0 amide bonds. The van der Waals surface area contributed by atoms with E-state index < -0.39 is 0 Å². The van der Waals surface area contributed by atoms with Crippen LogP contribution in [0.15, 0.2) is 12.1 Å². The molecule has 1 heterocycles. The van der Waals surface area contributed by atoms with Gasteiger partial charge in [0.25, 0.3) is 0 Å². The van der Waals surface area contributed by atoms with Gasteiger partial charge in [-0.3, -0.25) is 0 Å². The van der Waals surface area contributed by atoms with Gasteiger partial charge in [-0.1, -0.05) is 25.2 Å². The van der Waals surface area contributed by atoms with Crippen LogP contribution in [0, 0.1) is 11.8 Å². The van der Waals surface area contributed by atoms with Crippen LogP contribution in [-0.2, 0) is 5.75 Å². The number of hydrogen-bond donors (Lipinski definition) is 1. The zero-order valence-electron chi connectivity index (χ0n) is 9.08. The SMILES string of the molecule is CCCCSCc1ccc(C#CCN)s1. The van der Waals surface area contributed by atoms with Gasteiger partial charge < -0.3 is 5.73 Å². The van der Waals surface area contributed by atoms with Crippen molar-refractivity contribution in [3.63, 3.8) is 0 Å². The highest BCUT2D eigenvalue weighted by Crippen LogP contribution is 2.21. The summed E-state index contributed by atoms with van der Waals surface area (Å²) in [5, 5.41) is 0. The van der Waals surface area contributed by atoms with Gasteiger partial charge in [-0.05, 0) is 24.3 Å². The maximum Gasteiger partial charge on any atom is 0.0772 e.